The van der Waals surface area contributed by atoms with Gasteiger partial charge in [-0.15, -0.1) is 0 Å². The van der Waals surface area contributed by atoms with Crippen molar-refractivity contribution in [1.29, 1.82) is 0 Å². The zero-order valence-electron chi connectivity index (χ0n) is 23.1. The number of carbonyl (C=O) groups excluding carboxylic acids is 1. The molecule has 3 aromatic rings. The molecule has 2 saturated heterocycles. The van der Waals surface area contributed by atoms with Gasteiger partial charge in [-0.2, -0.15) is 9.40 Å². The van der Waals surface area contributed by atoms with Crippen LogP contribution in [0, 0.1) is 17.8 Å². The second-order valence-corrected chi connectivity index (χ2v) is 14.8. The number of carbonyl (C=O) groups is 1. The van der Waals surface area contributed by atoms with Crippen LogP contribution < -0.4 is 0 Å². The fourth-order valence-electron chi connectivity index (χ4n) is 5.35. The highest BCUT2D eigenvalue weighted by Gasteiger charge is 2.34. The van der Waals surface area contributed by atoms with Crippen LogP contribution in [0.3, 0.4) is 0 Å². The molecular formula is C30H34N4O3S3. The fourth-order valence-corrected chi connectivity index (χ4v) is 8.34. The minimum Gasteiger partial charge on any atom is -0.293 e. The van der Waals surface area contributed by atoms with Crippen LogP contribution in [0.4, 0.5) is 0 Å². The molecule has 2 atom stereocenters. The van der Waals surface area contributed by atoms with Crippen molar-refractivity contribution in [3.05, 3.63) is 71.3 Å². The molecule has 7 nitrogen and oxygen atoms in total. The highest BCUT2D eigenvalue weighted by molar-refractivity contribution is 8.26. The number of para-hydroxylation sites is 1. The predicted octanol–water partition coefficient (Wildman–Crippen LogP) is 6.06. The molecule has 2 aromatic carbocycles. The summed E-state index contributed by atoms with van der Waals surface area (Å²) in [4.78, 5) is 15.6. The molecule has 0 saturated carbocycles. The monoisotopic (exact) mass is 594 g/mol. The number of nitrogens with zero attached hydrogens (tertiary/aromatic N) is 4. The lowest BCUT2D eigenvalue weighted by Crippen LogP contribution is -2.42. The summed E-state index contributed by atoms with van der Waals surface area (Å²) in [5.74, 6) is 0.786. The molecule has 210 valence electrons. The van der Waals surface area contributed by atoms with E-state index in [-0.39, 0.29) is 16.7 Å². The molecule has 0 aliphatic carbocycles. The summed E-state index contributed by atoms with van der Waals surface area (Å²) in [5, 5.41) is 4.86. The molecule has 3 heterocycles. The SMILES string of the molecule is CC(C)CN1C(=O)/C(=C/c2cn(-c3ccccc3)nc2-c2cccc(S(=O)(=O)N3CC(C)CC(C)C3)c2)SC1=S. The lowest BCUT2D eigenvalue weighted by molar-refractivity contribution is -0.122. The van der Waals surface area contributed by atoms with E-state index < -0.39 is 10.0 Å². The van der Waals surface area contributed by atoms with E-state index in [1.165, 1.54) is 11.8 Å². The maximum Gasteiger partial charge on any atom is 0.266 e. The van der Waals surface area contributed by atoms with Gasteiger partial charge in [-0.05, 0) is 54.5 Å². The Labute approximate surface area is 246 Å². The van der Waals surface area contributed by atoms with E-state index in [0.717, 1.165) is 12.1 Å². The van der Waals surface area contributed by atoms with Gasteiger partial charge in [0.15, 0.2) is 0 Å². The van der Waals surface area contributed by atoms with Crippen molar-refractivity contribution in [2.45, 2.75) is 39.0 Å². The molecule has 1 amide bonds. The normalized spacial score (nSPS) is 21.6. The number of hydrogen-bond acceptors (Lipinski definition) is 6. The zero-order valence-corrected chi connectivity index (χ0v) is 25.6. The fraction of sp³-hybridized carbons (Fsp3) is 0.367. The molecule has 0 spiro atoms. The van der Waals surface area contributed by atoms with E-state index in [1.54, 1.807) is 32.1 Å². The van der Waals surface area contributed by atoms with Crippen molar-refractivity contribution >= 4 is 50.3 Å². The highest BCUT2D eigenvalue weighted by atomic mass is 32.2. The molecule has 0 N–H and O–H groups in total. The van der Waals surface area contributed by atoms with Gasteiger partial charge >= 0.3 is 0 Å². The van der Waals surface area contributed by atoms with Crippen LogP contribution in [0.15, 0.2) is 70.6 Å². The molecule has 0 radical (unpaired) electrons. The smallest absolute Gasteiger partial charge is 0.266 e. The molecule has 2 aliphatic heterocycles. The summed E-state index contributed by atoms with van der Waals surface area (Å²) in [6.45, 7) is 9.90. The first-order chi connectivity index (χ1) is 19.0. The van der Waals surface area contributed by atoms with Crippen LogP contribution in [0.5, 0.6) is 0 Å². The second kappa shape index (κ2) is 11.6. The maximum atomic E-state index is 13.7. The van der Waals surface area contributed by atoms with Crippen LogP contribution in [0.1, 0.15) is 39.7 Å². The van der Waals surface area contributed by atoms with Gasteiger partial charge in [0.25, 0.3) is 5.91 Å². The third-order valence-corrected chi connectivity index (χ3v) is 10.3. The number of hydrogen-bond donors (Lipinski definition) is 0. The van der Waals surface area contributed by atoms with Crippen LogP contribution >= 0.6 is 24.0 Å². The molecule has 40 heavy (non-hydrogen) atoms. The van der Waals surface area contributed by atoms with E-state index in [4.69, 9.17) is 17.3 Å². The summed E-state index contributed by atoms with van der Waals surface area (Å²) < 4.78 is 31.3. The Bertz CT molecular complexity index is 1550. The number of rotatable bonds is 7. The molecule has 0 bridgehead atoms. The van der Waals surface area contributed by atoms with E-state index in [1.807, 2.05) is 48.7 Å². The third-order valence-electron chi connectivity index (χ3n) is 7.05. The number of amides is 1. The Kier molecular flexibility index (Phi) is 8.33. The number of benzene rings is 2. The van der Waals surface area contributed by atoms with Gasteiger partial charge in [-0.3, -0.25) is 9.69 Å². The number of sulfonamides is 1. The van der Waals surface area contributed by atoms with E-state index in [2.05, 4.69) is 27.7 Å². The number of thiocarbonyl (C=S) groups is 1. The quantitative estimate of drug-likeness (QED) is 0.244. The summed E-state index contributed by atoms with van der Waals surface area (Å²) >= 11 is 6.79. The minimum atomic E-state index is -3.67. The van der Waals surface area contributed by atoms with Gasteiger partial charge in [0.05, 0.1) is 15.5 Å². The summed E-state index contributed by atoms with van der Waals surface area (Å²) in [5.41, 5.74) is 2.83. The van der Waals surface area contributed by atoms with Crippen molar-refractivity contribution in [3.63, 3.8) is 0 Å². The first-order valence-corrected chi connectivity index (χ1v) is 16.2. The van der Waals surface area contributed by atoms with E-state index in [0.29, 0.717) is 57.5 Å². The van der Waals surface area contributed by atoms with Crippen molar-refractivity contribution < 1.29 is 13.2 Å². The molecule has 10 heteroatoms. The summed E-state index contributed by atoms with van der Waals surface area (Å²) in [6.07, 6.45) is 4.71. The molecule has 2 fully saturated rings. The van der Waals surface area contributed by atoms with Crippen LogP contribution in [0.2, 0.25) is 0 Å². The predicted molar refractivity (Wildman–Crippen MR) is 165 cm³/mol. The first kappa shape index (κ1) is 28.7. The molecule has 5 rings (SSSR count). The Morgan fingerprint density at radius 2 is 1.77 bits per heavy atom. The maximum absolute atomic E-state index is 13.7. The zero-order chi connectivity index (χ0) is 28.6. The second-order valence-electron chi connectivity index (χ2n) is 11.2. The van der Waals surface area contributed by atoms with Crippen LogP contribution in [0.25, 0.3) is 23.0 Å². The molecule has 2 unspecified atom stereocenters. The van der Waals surface area contributed by atoms with Gasteiger partial charge in [0.1, 0.15) is 10.0 Å². The number of thioether (sulfide) groups is 1. The van der Waals surface area contributed by atoms with Crippen molar-refractivity contribution in [2.75, 3.05) is 19.6 Å². The molecular weight excluding hydrogens is 561 g/mol. The average molecular weight is 595 g/mol. The van der Waals surface area contributed by atoms with Crippen LogP contribution in [-0.2, 0) is 14.8 Å². The van der Waals surface area contributed by atoms with E-state index in [9.17, 15) is 13.2 Å². The van der Waals surface area contributed by atoms with Crippen molar-refractivity contribution in [3.8, 4) is 16.9 Å². The Morgan fingerprint density at radius 3 is 2.45 bits per heavy atom. The third kappa shape index (κ3) is 5.95. The Hall–Kier alpha value is -2.79. The van der Waals surface area contributed by atoms with Gasteiger partial charge in [-0.1, -0.05) is 82.0 Å². The number of aromatic nitrogens is 2. The highest BCUT2D eigenvalue weighted by Crippen LogP contribution is 2.36. The first-order valence-electron chi connectivity index (χ1n) is 13.5. The molecule has 1 aromatic heterocycles. The summed E-state index contributed by atoms with van der Waals surface area (Å²) in [6, 6.07) is 16.6. The van der Waals surface area contributed by atoms with Gasteiger partial charge in [-0.25, -0.2) is 13.1 Å². The lowest BCUT2D eigenvalue weighted by Gasteiger charge is -2.34. The Balaban J connectivity index is 1.57. The largest absolute Gasteiger partial charge is 0.293 e. The number of piperidine rings is 1. The lowest BCUT2D eigenvalue weighted by atomic mass is 9.94. The van der Waals surface area contributed by atoms with E-state index >= 15 is 0 Å². The van der Waals surface area contributed by atoms with Gasteiger partial charge in [0, 0.05) is 37.0 Å². The van der Waals surface area contributed by atoms with Crippen molar-refractivity contribution in [1.82, 2.24) is 19.0 Å². The standard InChI is InChI=1S/C30H34N4O3S3/c1-20(2)16-33-29(35)27(39-30(33)38)15-24-19-34(25-10-6-5-7-11-25)31-28(24)23-9-8-12-26(14-23)40(36,37)32-17-21(3)13-22(4)18-32/h5-12,14-15,19-22H,13,16-18H2,1-4H3/b27-15-. The van der Waals surface area contributed by atoms with Gasteiger partial charge < -0.3 is 0 Å². The van der Waals surface area contributed by atoms with Crippen molar-refractivity contribution in [2.24, 2.45) is 17.8 Å². The van der Waals surface area contributed by atoms with Crippen LogP contribution in [-0.4, -0.2) is 57.3 Å². The van der Waals surface area contributed by atoms with Gasteiger partial charge in [0.2, 0.25) is 10.0 Å². The molecule has 2 aliphatic rings. The summed E-state index contributed by atoms with van der Waals surface area (Å²) in [7, 11) is -3.67. The minimum absolute atomic E-state index is 0.119. The average Bonchev–Trinajstić information content (AvgIpc) is 3.45. The topological polar surface area (TPSA) is 75.5 Å². The Morgan fingerprint density at radius 1 is 1.07 bits per heavy atom.